The Hall–Kier alpha value is 1.42. The zero-order chi connectivity index (χ0) is 8.36. The van der Waals surface area contributed by atoms with Crippen molar-refractivity contribution in [3.63, 3.8) is 0 Å². The van der Waals surface area contributed by atoms with Gasteiger partial charge >= 0.3 is 23.1 Å². The van der Waals surface area contributed by atoms with E-state index in [2.05, 4.69) is 20.3 Å². The van der Waals surface area contributed by atoms with E-state index in [-0.39, 0.29) is 47.0 Å². The van der Waals surface area contributed by atoms with Crippen LogP contribution in [0.25, 0.3) is 0 Å². The van der Waals surface area contributed by atoms with Crippen LogP contribution in [0.2, 0.25) is 0 Å². The zero-order valence-corrected chi connectivity index (χ0v) is 12.3. The Morgan fingerprint density at radius 3 is 2.31 bits per heavy atom. The minimum Gasteiger partial charge on any atom is -1.00 e. The van der Waals surface area contributed by atoms with Crippen LogP contribution in [0.15, 0.2) is 0 Å². The molecule has 4 heteroatoms. The fraction of sp³-hybridized carbons (Fsp3) is 0.889. The first-order valence-corrected chi connectivity index (χ1v) is 4.35. The molecule has 0 atom stereocenters. The summed E-state index contributed by atoms with van der Waals surface area (Å²) in [5, 5.41) is 0. The van der Waals surface area contributed by atoms with E-state index in [0.717, 1.165) is 32.5 Å². The van der Waals surface area contributed by atoms with E-state index in [9.17, 15) is 0 Å². The molecule has 0 radical (unpaired) electrons. The van der Waals surface area contributed by atoms with Crippen molar-refractivity contribution in [2.75, 3.05) is 20.0 Å². The van der Waals surface area contributed by atoms with Crippen molar-refractivity contribution in [3.05, 3.63) is 6.42 Å². The van der Waals surface area contributed by atoms with Gasteiger partial charge in [0.1, 0.15) is 6.79 Å². The van der Waals surface area contributed by atoms with E-state index >= 15 is 0 Å². The molecule has 0 spiro atoms. The SMILES string of the molecule is C[CH-]CCCOCOCCC.[I-].[Mg+2]. The van der Waals surface area contributed by atoms with E-state index in [1.165, 1.54) is 0 Å². The van der Waals surface area contributed by atoms with Crippen molar-refractivity contribution in [2.24, 2.45) is 0 Å². The van der Waals surface area contributed by atoms with Crippen LogP contribution in [-0.4, -0.2) is 43.1 Å². The molecule has 0 rings (SSSR count). The molecule has 76 valence electrons. The summed E-state index contributed by atoms with van der Waals surface area (Å²) < 4.78 is 10.3. The van der Waals surface area contributed by atoms with E-state index in [0.29, 0.717) is 6.79 Å². The smallest absolute Gasteiger partial charge is 1.00 e. The number of halogens is 1. The minimum atomic E-state index is 0. The molecule has 0 aromatic rings. The van der Waals surface area contributed by atoms with Gasteiger partial charge in [0.15, 0.2) is 0 Å². The predicted molar refractivity (Wildman–Crippen MR) is 52.0 cm³/mol. The van der Waals surface area contributed by atoms with Gasteiger partial charge in [-0.1, -0.05) is 13.3 Å². The van der Waals surface area contributed by atoms with Crippen LogP contribution in [-0.2, 0) is 9.47 Å². The fourth-order valence-electron chi connectivity index (χ4n) is 0.711. The molecule has 0 unspecified atom stereocenters. The van der Waals surface area contributed by atoms with Crippen molar-refractivity contribution in [2.45, 2.75) is 33.1 Å². The molecule has 0 bridgehead atoms. The maximum atomic E-state index is 5.20. The van der Waals surface area contributed by atoms with E-state index in [1.807, 2.05) is 0 Å². The molecule has 0 aromatic carbocycles. The first-order chi connectivity index (χ1) is 5.41. The first kappa shape index (κ1) is 19.9. The standard InChI is InChI=1S/C9H19O2.HI.Mg/c1-3-5-6-8-11-9-10-7-4-2;;/h3H,4-9H2,1-2H3;1H;/q-1;;+2/p-1. The average Bonchev–Trinajstić information content (AvgIpc) is 2.03. The Morgan fingerprint density at radius 2 is 1.77 bits per heavy atom. The van der Waals surface area contributed by atoms with Crippen LogP contribution < -0.4 is 24.0 Å². The van der Waals surface area contributed by atoms with Crippen molar-refractivity contribution < 1.29 is 33.5 Å². The molecule has 2 nitrogen and oxygen atoms in total. The average molecular weight is 310 g/mol. The molecule has 0 amide bonds. The summed E-state index contributed by atoms with van der Waals surface area (Å²) in [6.45, 7) is 6.23. The number of rotatable bonds is 8. The molecule has 0 heterocycles. The van der Waals surface area contributed by atoms with E-state index < -0.39 is 0 Å². The van der Waals surface area contributed by atoms with E-state index in [4.69, 9.17) is 9.47 Å². The topological polar surface area (TPSA) is 18.5 Å². The summed E-state index contributed by atoms with van der Waals surface area (Å²) in [4.78, 5) is 0. The van der Waals surface area contributed by atoms with Gasteiger partial charge in [0.2, 0.25) is 0 Å². The van der Waals surface area contributed by atoms with Crippen molar-refractivity contribution >= 4 is 23.1 Å². The van der Waals surface area contributed by atoms with Gasteiger partial charge < -0.3 is 39.9 Å². The van der Waals surface area contributed by atoms with Gasteiger partial charge in [0.25, 0.3) is 0 Å². The zero-order valence-electron chi connectivity index (χ0n) is 8.72. The van der Waals surface area contributed by atoms with Gasteiger partial charge in [-0.2, -0.15) is 13.3 Å². The molecule has 13 heavy (non-hydrogen) atoms. The van der Waals surface area contributed by atoms with Crippen LogP contribution in [0.3, 0.4) is 0 Å². The first-order valence-electron chi connectivity index (χ1n) is 4.35. The Balaban J connectivity index is -0.000000500. The third kappa shape index (κ3) is 19.7. The van der Waals surface area contributed by atoms with Gasteiger partial charge in [-0.3, -0.25) is 0 Å². The summed E-state index contributed by atoms with van der Waals surface area (Å²) in [7, 11) is 0. The monoisotopic (exact) mass is 310 g/mol. The van der Waals surface area contributed by atoms with Crippen LogP contribution >= 0.6 is 0 Å². The molecule has 0 saturated carbocycles. The number of ether oxygens (including phenoxy) is 2. The van der Waals surface area contributed by atoms with Gasteiger partial charge in [0, 0.05) is 13.2 Å². The number of hydrogen-bond acceptors (Lipinski definition) is 2. The quantitative estimate of drug-likeness (QED) is 0.189. The summed E-state index contributed by atoms with van der Waals surface area (Å²) in [5.41, 5.74) is 0. The molecule has 0 aromatic heterocycles. The maximum absolute atomic E-state index is 5.20. The molecule has 0 aliphatic rings. The van der Waals surface area contributed by atoms with Gasteiger partial charge in [-0.15, -0.1) is 0 Å². The second-order valence-corrected chi connectivity index (χ2v) is 2.48. The third-order valence-electron chi connectivity index (χ3n) is 1.30. The summed E-state index contributed by atoms with van der Waals surface area (Å²) in [6.07, 6.45) is 5.45. The third-order valence-corrected chi connectivity index (χ3v) is 1.30. The summed E-state index contributed by atoms with van der Waals surface area (Å²) >= 11 is 0. The molecule has 0 aliphatic heterocycles. The molecule has 0 fully saturated rings. The second-order valence-electron chi connectivity index (χ2n) is 2.48. The van der Waals surface area contributed by atoms with Gasteiger partial charge in [0.05, 0.1) is 0 Å². The Morgan fingerprint density at radius 1 is 1.15 bits per heavy atom. The largest absolute Gasteiger partial charge is 2.00 e. The molecule has 0 saturated heterocycles. The second kappa shape index (κ2) is 19.1. The van der Waals surface area contributed by atoms with Crippen LogP contribution in [0.1, 0.15) is 33.1 Å². The Bertz CT molecular complexity index is 66.6. The Labute approximate surface area is 115 Å². The van der Waals surface area contributed by atoms with Crippen molar-refractivity contribution in [3.8, 4) is 0 Å². The summed E-state index contributed by atoms with van der Waals surface area (Å²) in [6, 6.07) is 0. The number of hydrogen-bond donors (Lipinski definition) is 0. The Kier molecular flexibility index (Phi) is 29.2. The molecular formula is C9H19IMgO2. The maximum Gasteiger partial charge on any atom is 2.00 e. The molecular weight excluding hydrogens is 291 g/mol. The number of unbranched alkanes of at least 4 members (excludes halogenated alkanes) is 2. The van der Waals surface area contributed by atoms with E-state index in [1.54, 1.807) is 0 Å². The van der Waals surface area contributed by atoms with Gasteiger partial charge in [-0.25, -0.2) is 0 Å². The van der Waals surface area contributed by atoms with Crippen molar-refractivity contribution in [1.29, 1.82) is 0 Å². The minimum absolute atomic E-state index is 0. The molecule has 0 N–H and O–H groups in total. The van der Waals surface area contributed by atoms with Crippen LogP contribution in [0.4, 0.5) is 0 Å². The molecule has 0 aliphatic carbocycles. The van der Waals surface area contributed by atoms with Crippen LogP contribution in [0.5, 0.6) is 0 Å². The predicted octanol–water partition coefficient (Wildman–Crippen LogP) is -0.985. The van der Waals surface area contributed by atoms with Crippen molar-refractivity contribution in [1.82, 2.24) is 0 Å². The fourth-order valence-corrected chi connectivity index (χ4v) is 0.711. The van der Waals surface area contributed by atoms with Gasteiger partial charge in [-0.05, 0) is 6.42 Å². The van der Waals surface area contributed by atoms with Crippen LogP contribution in [0, 0.1) is 6.42 Å². The summed E-state index contributed by atoms with van der Waals surface area (Å²) in [5.74, 6) is 0. The normalized spacial score (nSPS) is 8.77.